The van der Waals surface area contributed by atoms with E-state index in [0.717, 1.165) is 12.1 Å². The first kappa shape index (κ1) is 18.3. The summed E-state index contributed by atoms with van der Waals surface area (Å²) in [7, 11) is 1.67. The Kier molecular flexibility index (Phi) is 5.22. The Bertz CT molecular complexity index is 649. The van der Waals surface area contributed by atoms with Crippen LogP contribution in [-0.4, -0.2) is 43.4 Å². The van der Waals surface area contributed by atoms with Crippen molar-refractivity contribution < 1.29 is 18.4 Å². The van der Waals surface area contributed by atoms with Gasteiger partial charge in [0.25, 0.3) is 0 Å². The third-order valence-electron chi connectivity index (χ3n) is 4.27. The highest BCUT2D eigenvalue weighted by molar-refractivity contribution is 6.00. The van der Waals surface area contributed by atoms with Crippen LogP contribution in [0.5, 0.6) is 0 Å². The fourth-order valence-electron chi connectivity index (χ4n) is 2.90. The average Bonchev–Trinajstić information content (AvgIpc) is 2.88. The zero-order valence-corrected chi connectivity index (χ0v) is 14.2. The van der Waals surface area contributed by atoms with Crippen molar-refractivity contribution >= 4 is 17.5 Å². The van der Waals surface area contributed by atoms with E-state index in [1.807, 2.05) is 13.8 Å². The summed E-state index contributed by atoms with van der Waals surface area (Å²) < 4.78 is 26.9. The number of amides is 2. The van der Waals surface area contributed by atoms with E-state index in [2.05, 4.69) is 0 Å². The molecule has 24 heavy (non-hydrogen) atoms. The van der Waals surface area contributed by atoms with E-state index in [-0.39, 0.29) is 35.9 Å². The summed E-state index contributed by atoms with van der Waals surface area (Å²) in [6.07, 6.45) is 0.0169. The van der Waals surface area contributed by atoms with Gasteiger partial charge in [-0.05, 0) is 24.1 Å². The van der Waals surface area contributed by atoms with Crippen LogP contribution >= 0.6 is 0 Å². The predicted octanol–water partition coefficient (Wildman–Crippen LogP) is 1.76. The minimum absolute atomic E-state index is 0.00152. The number of anilines is 1. The highest BCUT2D eigenvalue weighted by Crippen LogP contribution is 2.29. The molecule has 132 valence electrons. The monoisotopic (exact) mass is 339 g/mol. The van der Waals surface area contributed by atoms with Crippen molar-refractivity contribution in [3.63, 3.8) is 0 Å². The number of benzene rings is 1. The molecule has 1 atom stereocenters. The zero-order chi connectivity index (χ0) is 18.1. The lowest BCUT2D eigenvalue weighted by atomic mass is 9.92. The lowest BCUT2D eigenvalue weighted by Gasteiger charge is -2.30. The van der Waals surface area contributed by atoms with Gasteiger partial charge in [-0.25, -0.2) is 8.78 Å². The second kappa shape index (κ2) is 6.84. The van der Waals surface area contributed by atoms with Gasteiger partial charge in [0, 0.05) is 32.6 Å². The van der Waals surface area contributed by atoms with Crippen LogP contribution in [0.25, 0.3) is 0 Å². The van der Waals surface area contributed by atoms with Gasteiger partial charge < -0.3 is 15.5 Å². The van der Waals surface area contributed by atoms with Crippen molar-refractivity contribution in [3.05, 3.63) is 29.8 Å². The largest absolute Gasteiger partial charge is 0.345 e. The second-order valence-electron chi connectivity index (χ2n) is 7.06. The summed E-state index contributed by atoms with van der Waals surface area (Å²) in [5, 5.41) is 0. The van der Waals surface area contributed by atoms with Crippen molar-refractivity contribution in [1.29, 1.82) is 0 Å². The summed E-state index contributed by atoms with van der Waals surface area (Å²) in [4.78, 5) is 27.5. The second-order valence-corrected chi connectivity index (χ2v) is 7.06. The maximum Gasteiger partial charge on any atom is 0.227 e. The summed E-state index contributed by atoms with van der Waals surface area (Å²) in [6.45, 7) is 4.90. The normalized spacial score (nSPS) is 18.2. The Morgan fingerprint density at radius 2 is 2.08 bits per heavy atom. The van der Waals surface area contributed by atoms with Gasteiger partial charge in [0.05, 0.1) is 11.6 Å². The molecule has 1 aromatic rings. The van der Waals surface area contributed by atoms with Crippen LogP contribution in [0.4, 0.5) is 14.5 Å². The molecule has 1 aliphatic rings. The minimum atomic E-state index is -0.811. The van der Waals surface area contributed by atoms with Gasteiger partial charge in [-0.3, -0.25) is 9.59 Å². The molecule has 1 unspecified atom stereocenters. The highest BCUT2D eigenvalue weighted by atomic mass is 19.1. The minimum Gasteiger partial charge on any atom is -0.345 e. The van der Waals surface area contributed by atoms with Crippen molar-refractivity contribution in [3.8, 4) is 0 Å². The maximum atomic E-state index is 13.9. The van der Waals surface area contributed by atoms with E-state index in [4.69, 9.17) is 5.73 Å². The van der Waals surface area contributed by atoms with Crippen LogP contribution in [0.15, 0.2) is 18.2 Å². The highest BCUT2D eigenvalue weighted by Gasteiger charge is 2.38. The van der Waals surface area contributed by atoms with Gasteiger partial charge >= 0.3 is 0 Å². The zero-order valence-electron chi connectivity index (χ0n) is 14.2. The van der Waals surface area contributed by atoms with Crippen LogP contribution in [0.2, 0.25) is 0 Å². The number of rotatable bonds is 5. The number of hydrogen-bond acceptors (Lipinski definition) is 3. The van der Waals surface area contributed by atoms with E-state index >= 15 is 0 Å². The molecule has 0 aromatic heterocycles. The molecule has 0 aliphatic carbocycles. The molecule has 2 N–H and O–H groups in total. The summed E-state index contributed by atoms with van der Waals surface area (Å²) in [6, 6.07) is 3.04. The van der Waals surface area contributed by atoms with Crippen LogP contribution in [0.1, 0.15) is 20.3 Å². The van der Waals surface area contributed by atoms with Gasteiger partial charge in [0.2, 0.25) is 11.8 Å². The maximum absolute atomic E-state index is 13.9. The van der Waals surface area contributed by atoms with Crippen molar-refractivity contribution in [2.45, 2.75) is 20.3 Å². The third-order valence-corrected chi connectivity index (χ3v) is 4.27. The summed E-state index contributed by atoms with van der Waals surface area (Å²) in [5.41, 5.74) is 5.46. The molecule has 2 amide bonds. The first-order valence-electron chi connectivity index (χ1n) is 7.85. The van der Waals surface area contributed by atoms with Gasteiger partial charge in [-0.15, -0.1) is 0 Å². The number of hydrogen-bond donors (Lipinski definition) is 1. The molecule has 2 rings (SSSR count). The van der Waals surface area contributed by atoms with Gasteiger partial charge in [-0.2, -0.15) is 0 Å². The lowest BCUT2D eigenvalue weighted by Crippen LogP contribution is -2.42. The first-order chi connectivity index (χ1) is 11.1. The number of nitrogens with two attached hydrogens (primary N) is 1. The molecule has 7 heteroatoms. The molecule has 0 saturated carbocycles. The van der Waals surface area contributed by atoms with Gasteiger partial charge in [-0.1, -0.05) is 13.8 Å². The molecule has 0 radical (unpaired) electrons. The molecule has 1 saturated heterocycles. The fourth-order valence-corrected chi connectivity index (χ4v) is 2.90. The molecule has 1 aliphatic heterocycles. The molecule has 1 aromatic carbocycles. The average molecular weight is 339 g/mol. The van der Waals surface area contributed by atoms with Crippen molar-refractivity contribution in [2.24, 2.45) is 17.1 Å². The van der Waals surface area contributed by atoms with E-state index in [1.165, 1.54) is 11.0 Å². The van der Waals surface area contributed by atoms with E-state index in [1.54, 1.807) is 11.9 Å². The number of halogens is 2. The molecule has 0 bridgehead atoms. The van der Waals surface area contributed by atoms with E-state index in [9.17, 15) is 18.4 Å². The number of carbonyl (C=O) groups is 2. The SMILES string of the molecule is CN(CC(C)(C)CN)C(=O)C1CC(=O)N(c2ccc(F)cc2F)C1. The summed E-state index contributed by atoms with van der Waals surface area (Å²) in [5.74, 6) is -2.57. The van der Waals surface area contributed by atoms with Crippen LogP contribution in [0, 0.1) is 23.0 Å². The van der Waals surface area contributed by atoms with Crippen molar-refractivity contribution in [2.75, 3.05) is 31.6 Å². The molecular weight excluding hydrogens is 316 g/mol. The van der Waals surface area contributed by atoms with Gasteiger partial charge in [0.1, 0.15) is 11.6 Å². The molecule has 1 fully saturated rings. The Hall–Kier alpha value is -2.02. The van der Waals surface area contributed by atoms with Crippen LogP contribution < -0.4 is 10.6 Å². The van der Waals surface area contributed by atoms with E-state index < -0.39 is 17.6 Å². The Morgan fingerprint density at radius 3 is 2.67 bits per heavy atom. The quantitative estimate of drug-likeness (QED) is 0.889. The standard InChI is InChI=1S/C17H23F2N3O2/c1-17(2,9-20)10-21(3)16(24)11-6-15(23)22(8-11)14-5-4-12(18)7-13(14)19/h4-5,7,11H,6,8-10,20H2,1-3H3. The molecule has 1 heterocycles. The van der Waals surface area contributed by atoms with Gasteiger partial charge in [0.15, 0.2) is 0 Å². The molecule has 0 spiro atoms. The van der Waals surface area contributed by atoms with Crippen molar-refractivity contribution in [1.82, 2.24) is 4.90 Å². The number of nitrogens with zero attached hydrogens (tertiary/aromatic N) is 2. The smallest absolute Gasteiger partial charge is 0.227 e. The Labute approximate surface area is 140 Å². The fraction of sp³-hybridized carbons (Fsp3) is 0.529. The summed E-state index contributed by atoms with van der Waals surface area (Å²) >= 11 is 0. The Morgan fingerprint density at radius 1 is 1.42 bits per heavy atom. The number of carbonyl (C=O) groups excluding carboxylic acids is 2. The third kappa shape index (κ3) is 3.90. The van der Waals surface area contributed by atoms with E-state index in [0.29, 0.717) is 13.1 Å². The first-order valence-corrected chi connectivity index (χ1v) is 7.85. The molecule has 5 nitrogen and oxygen atoms in total. The lowest BCUT2D eigenvalue weighted by molar-refractivity contribution is -0.135. The van der Waals surface area contributed by atoms with Crippen LogP contribution in [-0.2, 0) is 9.59 Å². The topological polar surface area (TPSA) is 66.6 Å². The Balaban J connectivity index is 2.10. The molecular formula is C17H23F2N3O2. The predicted molar refractivity (Wildman–Crippen MR) is 87.3 cm³/mol. The van der Waals surface area contributed by atoms with Crippen LogP contribution in [0.3, 0.4) is 0 Å².